The summed E-state index contributed by atoms with van der Waals surface area (Å²) < 4.78 is 0. The molecule has 2 aliphatic rings. The number of nitrogens with zero attached hydrogens (tertiary/aromatic N) is 1. The van der Waals surface area contributed by atoms with Gasteiger partial charge in [-0.25, -0.2) is 0 Å². The number of rotatable bonds is 4. The molecule has 30 heavy (non-hydrogen) atoms. The molecule has 2 aromatic carbocycles. The van der Waals surface area contributed by atoms with Gasteiger partial charge in [-0.2, -0.15) is 0 Å². The lowest BCUT2D eigenvalue weighted by atomic mass is 9.97. The summed E-state index contributed by atoms with van der Waals surface area (Å²) >= 11 is 0. The second kappa shape index (κ2) is 7.57. The predicted octanol–water partition coefficient (Wildman–Crippen LogP) is 2.11. The van der Waals surface area contributed by atoms with Gasteiger partial charge >= 0.3 is 0 Å². The molecule has 1 aliphatic carbocycles. The monoisotopic (exact) mass is 406 g/mol. The lowest BCUT2D eigenvalue weighted by molar-refractivity contribution is -0.130. The van der Waals surface area contributed by atoms with Crippen LogP contribution >= 0.6 is 0 Å². The van der Waals surface area contributed by atoms with Crippen LogP contribution in [0.4, 0.5) is 0 Å². The van der Waals surface area contributed by atoms with E-state index in [9.17, 15) is 14.7 Å². The van der Waals surface area contributed by atoms with Crippen molar-refractivity contribution < 1.29 is 14.7 Å². The molecule has 0 bridgehead atoms. The normalized spacial score (nSPS) is 22.4. The Kier molecular flexibility index (Phi) is 5.07. The van der Waals surface area contributed by atoms with Crippen LogP contribution in [0.5, 0.6) is 0 Å². The maximum Gasteiger partial charge on any atom is 0.251 e. The van der Waals surface area contributed by atoms with Crippen LogP contribution in [0, 0.1) is 5.41 Å². The molecule has 2 amide bonds. The maximum atomic E-state index is 12.9. The fourth-order valence-electron chi connectivity index (χ4n) is 4.16. The van der Waals surface area contributed by atoms with E-state index in [-0.39, 0.29) is 24.3 Å². The lowest BCUT2D eigenvalue weighted by Gasteiger charge is -2.38. The minimum absolute atomic E-state index is 0.0665. The van der Waals surface area contributed by atoms with E-state index in [0.29, 0.717) is 18.4 Å². The van der Waals surface area contributed by atoms with Crippen molar-refractivity contribution in [2.24, 2.45) is 0 Å². The van der Waals surface area contributed by atoms with Gasteiger partial charge in [-0.1, -0.05) is 36.4 Å². The van der Waals surface area contributed by atoms with Crippen LogP contribution in [0.2, 0.25) is 0 Å². The standard InChI is InChI=1S/C23H26N4O3/c1-23(2)12-19(29)27(22(24)26-23)13-14-6-5-8-16(10-14)21(30)25-20-17-9-4-3-7-15(17)11-18(20)28/h3-10,18,20,28H,11-13H2,1-2H3,(H2,24,26)(H,25,30)/t18-,20-/m1/s1. The first-order valence-corrected chi connectivity index (χ1v) is 10.1. The van der Waals surface area contributed by atoms with Gasteiger partial charge < -0.3 is 15.7 Å². The number of benzene rings is 2. The molecule has 2 aromatic rings. The Labute approximate surface area is 175 Å². The van der Waals surface area contributed by atoms with Crippen LogP contribution in [0.25, 0.3) is 0 Å². The Bertz CT molecular complexity index is 997. The lowest BCUT2D eigenvalue weighted by Crippen LogP contribution is -2.59. The van der Waals surface area contributed by atoms with Crippen LogP contribution < -0.4 is 10.6 Å². The molecule has 1 fully saturated rings. The summed E-state index contributed by atoms with van der Waals surface area (Å²) in [4.78, 5) is 26.7. The number of guanidine groups is 1. The second-order valence-electron chi connectivity index (χ2n) is 8.64. The molecule has 0 unspecified atom stereocenters. The first kappa shape index (κ1) is 20.1. The van der Waals surface area contributed by atoms with Gasteiger partial charge in [-0.05, 0) is 42.7 Å². The second-order valence-corrected chi connectivity index (χ2v) is 8.64. The largest absolute Gasteiger partial charge is 0.390 e. The third-order valence-corrected chi connectivity index (χ3v) is 5.64. The topological polar surface area (TPSA) is 106 Å². The smallest absolute Gasteiger partial charge is 0.251 e. The van der Waals surface area contributed by atoms with E-state index in [1.165, 1.54) is 4.90 Å². The Balaban J connectivity index is 1.48. The average molecular weight is 406 g/mol. The number of aliphatic hydroxyl groups excluding tert-OH is 1. The van der Waals surface area contributed by atoms with Crippen LogP contribution in [-0.4, -0.2) is 39.4 Å². The molecule has 0 aromatic heterocycles. The fourth-order valence-corrected chi connectivity index (χ4v) is 4.16. The van der Waals surface area contributed by atoms with Gasteiger partial charge in [0.05, 0.1) is 18.7 Å². The molecule has 4 N–H and O–H groups in total. The summed E-state index contributed by atoms with van der Waals surface area (Å²) in [7, 11) is 0. The molecule has 156 valence electrons. The number of nitrogens with one attached hydrogen (secondary N) is 3. The molecule has 1 saturated heterocycles. The number of carbonyl (C=O) groups is 2. The van der Waals surface area contributed by atoms with Crippen molar-refractivity contribution in [3.05, 3.63) is 70.8 Å². The van der Waals surface area contributed by atoms with E-state index in [1.807, 2.05) is 44.2 Å². The van der Waals surface area contributed by atoms with Crippen molar-refractivity contribution in [2.75, 3.05) is 0 Å². The third-order valence-electron chi connectivity index (χ3n) is 5.64. The van der Waals surface area contributed by atoms with Crippen LogP contribution in [0.1, 0.15) is 53.4 Å². The first-order chi connectivity index (χ1) is 14.2. The number of carbonyl (C=O) groups excluding carboxylic acids is 2. The number of hydrogen-bond donors (Lipinski definition) is 4. The molecule has 4 rings (SSSR count). The number of amides is 2. The zero-order chi connectivity index (χ0) is 21.5. The van der Waals surface area contributed by atoms with E-state index >= 15 is 0 Å². The molecule has 0 radical (unpaired) electrons. The van der Waals surface area contributed by atoms with Gasteiger partial charge in [0.15, 0.2) is 5.96 Å². The van der Waals surface area contributed by atoms with Crippen molar-refractivity contribution in [3.63, 3.8) is 0 Å². The first-order valence-electron chi connectivity index (χ1n) is 10.1. The van der Waals surface area contributed by atoms with E-state index in [4.69, 9.17) is 5.41 Å². The number of aliphatic hydroxyl groups is 1. The summed E-state index contributed by atoms with van der Waals surface area (Å²) in [6, 6.07) is 14.3. The fraction of sp³-hybridized carbons (Fsp3) is 0.348. The highest BCUT2D eigenvalue weighted by Crippen LogP contribution is 2.31. The summed E-state index contributed by atoms with van der Waals surface area (Å²) in [5.74, 6) is -0.335. The van der Waals surface area contributed by atoms with Crippen LogP contribution in [0.15, 0.2) is 48.5 Å². The van der Waals surface area contributed by atoms with Crippen molar-refractivity contribution >= 4 is 17.8 Å². The highest BCUT2D eigenvalue weighted by atomic mass is 16.3. The van der Waals surface area contributed by atoms with Gasteiger partial charge in [0.1, 0.15) is 0 Å². The number of hydrogen-bond acceptors (Lipinski definition) is 4. The van der Waals surface area contributed by atoms with E-state index in [0.717, 1.165) is 16.7 Å². The molecule has 7 nitrogen and oxygen atoms in total. The van der Waals surface area contributed by atoms with Gasteiger partial charge in [-0.3, -0.25) is 19.9 Å². The summed E-state index contributed by atoms with van der Waals surface area (Å²) in [6.07, 6.45) is 0.161. The molecule has 1 aliphatic heterocycles. The van der Waals surface area contributed by atoms with Gasteiger partial charge in [0.2, 0.25) is 5.91 Å². The number of fused-ring (bicyclic) bond motifs is 1. The molecule has 7 heteroatoms. The average Bonchev–Trinajstić information content (AvgIpc) is 2.99. The van der Waals surface area contributed by atoms with Crippen molar-refractivity contribution in [1.29, 1.82) is 5.41 Å². The summed E-state index contributed by atoms with van der Waals surface area (Å²) in [6.45, 7) is 3.99. The van der Waals surface area contributed by atoms with Crippen molar-refractivity contribution in [1.82, 2.24) is 15.5 Å². The van der Waals surface area contributed by atoms with Gasteiger partial charge in [0, 0.05) is 23.9 Å². The molecular formula is C23H26N4O3. The predicted molar refractivity (Wildman–Crippen MR) is 113 cm³/mol. The Morgan fingerprint density at radius 3 is 2.80 bits per heavy atom. The van der Waals surface area contributed by atoms with Gasteiger partial charge in [0.25, 0.3) is 5.91 Å². The minimum atomic E-state index is -0.657. The SMILES string of the molecule is CC1(C)CC(=O)N(Cc2cccc(C(=O)N[C@@H]3c4ccccc4C[C@H]3O)c2)C(=N)N1. The van der Waals surface area contributed by atoms with Gasteiger partial charge in [-0.15, -0.1) is 0 Å². The highest BCUT2D eigenvalue weighted by Gasteiger charge is 2.35. The zero-order valence-electron chi connectivity index (χ0n) is 17.1. The minimum Gasteiger partial charge on any atom is -0.390 e. The molecule has 0 saturated carbocycles. The Hall–Kier alpha value is -3.19. The third kappa shape index (κ3) is 3.93. The Morgan fingerprint density at radius 2 is 2.03 bits per heavy atom. The quantitative estimate of drug-likeness (QED) is 0.624. The maximum absolute atomic E-state index is 12.9. The van der Waals surface area contributed by atoms with Crippen LogP contribution in [0.3, 0.4) is 0 Å². The summed E-state index contributed by atoms with van der Waals surface area (Å²) in [5, 5.41) is 24.5. The van der Waals surface area contributed by atoms with E-state index < -0.39 is 17.7 Å². The summed E-state index contributed by atoms with van der Waals surface area (Å²) in [5.41, 5.74) is 2.75. The van der Waals surface area contributed by atoms with E-state index in [1.54, 1.807) is 18.2 Å². The molecule has 0 spiro atoms. The Morgan fingerprint density at radius 1 is 1.27 bits per heavy atom. The van der Waals surface area contributed by atoms with Crippen LogP contribution in [-0.2, 0) is 17.8 Å². The molecule has 2 atom stereocenters. The molecular weight excluding hydrogens is 380 g/mol. The molecule has 1 heterocycles. The highest BCUT2D eigenvalue weighted by molar-refractivity contribution is 5.99. The van der Waals surface area contributed by atoms with Crippen molar-refractivity contribution in [2.45, 2.75) is 50.9 Å². The van der Waals surface area contributed by atoms with E-state index in [2.05, 4.69) is 10.6 Å². The van der Waals surface area contributed by atoms with Crippen molar-refractivity contribution in [3.8, 4) is 0 Å². The zero-order valence-corrected chi connectivity index (χ0v) is 17.1.